The van der Waals surface area contributed by atoms with E-state index in [-0.39, 0.29) is 18.0 Å². The largest absolute Gasteiger partial charge is 0.459 e. The number of urea groups is 1. The summed E-state index contributed by atoms with van der Waals surface area (Å²) in [5.41, 5.74) is 4.33. The fourth-order valence-corrected chi connectivity index (χ4v) is 4.64. The smallest absolute Gasteiger partial charge is 0.322 e. The number of nitrogens with zero attached hydrogens (tertiary/aromatic N) is 2. The minimum Gasteiger partial charge on any atom is -0.459 e. The fourth-order valence-electron chi connectivity index (χ4n) is 4.64. The van der Waals surface area contributed by atoms with Crippen LogP contribution in [0.3, 0.4) is 0 Å². The number of carbonyl (C=O) groups is 2. The fraction of sp³-hybridized carbons (Fsp3) is 0.320. The topological polar surface area (TPSA) is 87.5 Å². The first-order valence-electron chi connectivity index (χ1n) is 11.1. The predicted octanol–water partition coefficient (Wildman–Crippen LogP) is 4.68. The average Bonchev–Trinajstić information content (AvgIpc) is 3.50. The molecule has 7 nitrogen and oxygen atoms in total. The summed E-state index contributed by atoms with van der Waals surface area (Å²) in [5, 5.41) is 6.07. The maximum atomic E-state index is 12.6. The van der Waals surface area contributed by atoms with Crippen LogP contribution in [0.25, 0.3) is 0 Å². The molecule has 0 spiro atoms. The number of anilines is 1. The lowest BCUT2D eigenvalue weighted by molar-refractivity contribution is 0.0897. The minimum absolute atomic E-state index is 0.0956. The van der Waals surface area contributed by atoms with Crippen LogP contribution in [0.2, 0.25) is 0 Å². The second-order valence-corrected chi connectivity index (χ2v) is 8.55. The molecule has 0 atom stereocenters. The molecule has 0 saturated heterocycles. The molecule has 1 fully saturated rings. The van der Waals surface area contributed by atoms with Gasteiger partial charge in [0, 0.05) is 37.2 Å². The first-order chi connectivity index (χ1) is 15.7. The van der Waals surface area contributed by atoms with Gasteiger partial charge in [-0.25, -0.2) is 4.79 Å². The number of hydrogen-bond donors (Lipinski definition) is 2. The minimum atomic E-state index is -0.143. The number of amides is 3. The summed E-state index contributed by atoms with van der Waals surface area (Å²) in [6.45, 7) is 1.20. The molecular weight excluding hydrogens is 404 g/mol. The summed E-state index contributed by atoms with van der Waals surface area (Å²) >= 11 is 0. The third kappa shape index (κ3) is 4.37. The molecule has 3 heterocycles. The molecule has 164 valence electrons. The molecule has 1 aromatic carbocycles. The maximum absolute atomic E-state index is 12.6. The lowest BCUT2D eigenvalue weighted by Crippen LogP contribution is -2.37. The van der Waals surface area contributed by atoms with Gasteiger partial charge in [0.05, 0.1) is 6.26 Å². The van der Waals surface area contributed by atoms with Crippen LogP contribution in [0.4, 0.5) is 10.5 Å². The van der Waals surface area contributed by atoms with E-state index < -0.39 is 0 Å². The lowest BCUT2D eigenvalue weighted by Gasteiger charge is -2.29. The van der Waals surface area contributed by atoms with Crippen LogP contribution in [0.1, 0.15) is 58.8 Å². The average molecular weight is 431 g/mol. The highest BCUT2D eigenvalue weighted by atomic mass is 16.3. The highest BCUT2D eigenvalue weighted by Gasteiger charge is 2.25. The number of carbonyl (C=O) groups excluding carboxylic acids is 2. The molecule has 0 unspecified atom stereocenters. The summed E-state index contributed by atoms with van der Waals surface area (Å²) in [6.07, 6.45) is 9.04. The molecule has 2 N–H and O–H groups in total. The van der Waals surface area contributed by atoms with Gasteiger partial charge in [-0.05, 0) is 78.6 Å². The summed E-state index contributed by atoms with van der Waals surface area (Å²) in [4.78, 5) is 30.7. The Hall–Kier alpha value is -3.61. The van der Waals surface area contributed by atoms with E-state index in [2.05, 4.69) is 27.8 Å². The van der Waals surface area contributed by atoms with Crippen molar-refractivity contribution in [2.24, 2.45) is 0 Å². The number of hydrogen-bond acceptors (Lipinski definition) is 4. The van der Waals surface area contributed by atoms with Crippen LogP contribution in [-0.2, 0) is 13.1 Å². The van der Waals surface area contributed by atoms with Gasteiger partial charge in [-0.1, -0.05) is 12.1 Å². The van der Waals surface area contributed by atoms with Crippen LogP contribution in [0, 0.1) is 0 Å². The van der Waals surface area contributed by atoms with E-state index in [1.54, 1.807) is 23.2 Å². The second-order valence-electron chi connectivity index (χ2n) is 8.55. The van der Waals surface area contributed by atoms with Gasteiger partial charge >= 0.3 is 6.03 Å². The van der Waals surface area contributed by atoms with Crippen molar-refractivity contribution in [3.8, 4) is 0 Å². The standard InChI is InChI=1S/C25H26N4O3/c30-24(23-2-1-13-32-23)27-21-7-3-17(4-8-21)18-5-9-22(10-6-18)28-25(31)29-15-19-11-12-26-14-20(19)16-29/h1-2,5-6,9-14,17,21H,3-4,7-8,15-16H2,(H,27,30)(H,28,31)/t17-,21+. The van der Waals surface area contributed by atoms with E-state index in [4.69, 9.17) is 4.42 Å². The molecule has 1 aliphatic carbocycles. The van der Waals surface area contributed by atoms with Gasteiger partial charge in [-0.15, -0.1) is 0 Å². The molecule has 5 rings (SSSR count). The molecule has 3 amide bonds. The molecule has 1 aliphatic heterocycles. The van der Waals surface area contributed by atoms with Crippen molar-refractivity contribution in [1.29, 1.82) is 0 Å². The van der Waals surface area contributed by atoms with E-state index in [1.807, 2.05) is 24.4 Å². The lowest BCUT2D eigenvalue weighted by atomic mass is 9.81. The molecular formula is C25H26N4O3. The number of pyridine rings is 1. The molecule has 2 aliphatic rings. The summed E-state index contributed by atoms with van der Waals surface area (Å²) in [6, 6.07) is 13.6. The van der Waals surface area contributed by atoms with Crippen molar-refractivity contribution in [3.05, 3.63) is 83.6 Å². The Morgan fingerprint density at radius 2 is 1.75 bits per heavy atom. The number of nitrogens with one attached hydrogen (secondary N) is 2. The zero-order valence-corrected chi connectivity index (χ0v) is 17.8. The summed E-state index contributed by atoms with van der Waals surface area (Å²) < 4.78 is 5.17. The van der Waals surface area contributed by atoms with Gasteiger partial charge in [0.25, 0.3) is 5.91 Å². The Bertz CT molecular complexity index is 1060. The molecule has 2 aromatic heterocycles. The predicted molar refractivity (Wildman–Crippen MR) is 120 cm³/mol. The Kier molecular flexibility index (Phi) is 5.62. The first kappa shape index (κ1) is 20.3. The summed E-state index contributed by atoms with van der Waals surface area (Å²) in [5.74, 6) is 0.687. The molecule has 32 heavy (non-hydrogen) atoms. The highest BCUT2D eigenvalue weighted by molar-refractivity contribution is 5.91. The van der Waals surface area contributed by atoms with Crippen molar-refractivity contribution in [2.45, 2.75) is 50.7 Å². The Morgan fingerprint density at radius 1 is 0.969 bits per heavy atom. The van der Waals surface area contributed by atoms with Crippen molar-refractivity contribution in [1.82, 2.24) is 15.2 Å². The third-order valence-electron chi connectivity index (χ3n) is 6.45. The Labute approximate surface area is 186 Å². The van der Waals surface area contributed by atoms with Gasteiger partial charge in [-0.2, -0.15) is 0 Å². The third-order valence-corrected chi connectivity index (χ3v) is 6.45. The second kappa shape index (κ2) is 8.86. The van der Waals surface area contributed by atoms with Gasteiger partial charge in [0.15, 0.2) is 5.76 Å². The SMILES string of the molecule is O=C(N[C@H]1CC[C@@H](c2ccc(NC(=O)N3Cc4ccncc4C3)cc2)CC1)c1ccco1. The van der Waals surface area contributed by atoms with Crippen molar-refractivity contribution in [3.63, 3.8) is 0 Å². The van der Waals surface area contributed by atoms with E-state index in [0.717, 1.165) is 42.5 Å². The van der Waals surface area contributed by atoms with E-state index in [9.17, 15) is 9.59 Å². The van der Waals surface area contributed by atoms with Crippen LogP contribution in [-0.4, -0.2) is 27.9 Å². The Balaban J connectivity index is 1.11. The van der Waals surface area contributed by atoms with Crippen molar-refractivity contribution in [2.75, 3.05) is 5.32 Å². The zero-order valence-electron chi connectivity index (χ0n) is 17.8. The van der Waals surface area contributed by atoms with E-state index in [1.165, 1.54) is 11.8 Å². The number of aromatic nitrogens is 1. The number of fused-ring (bicyclic) bond motifs is 1. The van der Waals surface area contributed by atoms with Gasteiger partial charge in [0.2, 0.25) is 0 Å². The van der Waals surface area contributed by atoms with E-state index in [0.29, 0.717) is 24.8 Å². The van der Waals surface area contributed by atoms with Crippen LogP contribution in [0.5, 0.6) is 0 Å². The first-order valence-corrected chi connectivity index (χ1v) is 11.1. The molecule has 0 radical (unpaired) electrons. The maximum Gasteiger partial charge on any atom is 0.322 e. The summed E-state index contributed by atoms with van der Waals surface area (Å²) in [7, 11) is 0. The van der Waals surface area contributed by atoms with Crippen molar-refractivity contribution < 1.29 is 14.0 Å². The highest BCUT2D eigenvalue weighted by Crippen LogP contribution is 2.33. The quantitative estimate of drug-likeness (QED) is 0.629. The van der Waals surface area contributed by atoms with Crippen LogP contribution >= 0.6 is 0 Å². The van der Waals surface area contributed by atoms with Gasteiger partial charge < -0.3 is 20.0 Å². The van der Waals surface area contributed by atoms with E-state index >= 15 is 0 Å². The number of furan rings is 1. The normalized spacial score (nSPS) is 19.9. The molecule has 7 heteroatoms. The van der Waals surface area contributed by atoms with Crippen LogP contribution < -0.4 is 10.6 Å². The molecule has 1 saturated carbocycles. The number of benzene rings is 1. The van der Waals surface area contributed by atoms with Crippen LogP contribution in [0.15, 0.2) is 65.5 Å². The number of rotatable bonds is 4. The Morgan fingerprint density at radius 3 is 2.47 bits per heavy atom. The van der Waals surface area contributed by atoms with Gasteiger partial charge in [-0.3, -0.25) is 9.78 Å². The monoisotopic (exact) mass is 430 g/mol. The zero-order chi connectivity index (χ0) is 21.9. The molecule has 0 bridgehead atoms. The van der Waals surface area contributed by atoms with Gasteiger partial charge in [0.1, 0.15) is 0 Å². The molecule has 3 aromatic rings. The van der Waals surface area contributed by atoms with Crippen molar-refractivity contribution >= 4 is 17.6 Å².